The number of carboxylic acids is 1. The number of nitrogens with zero attached hydrogens (tertiary/aromatic N) is 1. The highest BCUT2D eigenvalue weighted by Crippen LogP contribution is 2.42. The first-order chi connectivity index (χ1) is 10.8. The minimum Gasteiger partial charge on any atom is -0.478 e. The van der Waals surface area contributed by atoms with Crippen LogP contribution in [0.3, 0.4) is 0 Å². The van der Waals surface area contributed by atoms with Crippen LogP contribution in [-0.2, 0) is 14.8 Å². The lowest BCUT2D eigenvalue weighted by atomic mass is 9.99. The molecular weight excluding hydrogens is 321 g/mol. The SMILES string of the molecule is CN1/C(=C(/C(=O)O)c2ccccc2)c2cc(F)ccc2S1(=O)=O. The average Bonchev–Trinajstić information content (AvgIpc) is 2.69. The Morgan fingerprint density at radius 2 is 1.78 bits per heavy atom. The van der Waals surface area contributed by atoms with Crippen LogP contribution < -0.4 is 0 Å². The monoisotopic (exact) mass is 333 g/mol. The van der Waals surface area contributed by atoms with Crippen molar-refractivity contribution in [2.24, 2.45) is 0 Å². The van der Waals surface area contributed by atoms with Gasteiger partial charge in [-0.15, -0.1) is 0 Å². The predicted octanol–water partition coefficient (Wildman–Crippen LogP) is 2.41. The quantitative estimate of drug-likeness (QED) is 0.857. The fourth-order valence-corrected chi connectivity index (χ4v) is 4.01. The number of carboxylic acid groups (broad SMARTS) is 1. The van der Waals surface area contributed by atoms with Crippen LogP contribution in [0.25, 0.3) is 11.3 Å². The van der Waals surface area contributed by atoms with Crippen molar-refractivity contribution in [2.75, 3.05) is 7.05 Å². The molecule has 0 bridgehead atoms. The smallest absolute Gasteiger partial charge is 0.338 e. The van der Waals surface area contributed by atoms with Gasteiger partial charge in [0.05, 0.1) is 16.2 Å². The van der Waals surface area contributed by atoms with Crippen molar-refractivity contribution in [1.29, 1.82) is 0 Å². The van der Waals surface area contributed by atoms with Gasteiger partial charge in [0, 0.05) is 12.6 Å². The minimum atomic E-state index is -3.89. The highest BCUT2D eigenvalue weighted by atomic mass is 32.2. The summed E-state index contributed by atoms with van der Waals surface area (Å²) < 4.78 is 39.4. The highest BCUT2D eigenvalue weighted by molar-refractivity contribution is 7.90. The summed E-state index contributed by atoms with van der Waals surface area (Å²) in [5.74, 6) is -1.92. The molecule has 3 rings (SSSR count). The Hall–Kier alpha value is -2.67. The van der Waals surface area contributed by atoms with E-state index in [0.717, 1.165) is 22.5 Å². The van der Waals surface area contributed by atoms with E-state index in [1.54, 1.807) is 30.3 Å². The molecule has 0 atom stereocenters. The van der Waals surface area contributed by atoms with Gasteiger partial charge in [-0.1, -0.05) is 30.3 Å². The van der Waals surface area contributed by atoms with E-state index in [1.165, 1.54) is 7.05 Å². The van der Waals surface area contributed by atoms with E-state index in [2.05, 4.69) is 0 Å². The third-order valence-corrected chi connectivity index (χ3v) is 5.48. The summed E-state index contributed by atoms with van der Waals surface area (Å²) >= 11 is 0. The molecule has 0 fully saturated rings. The fraction of sp³-hybridized carbons (Fsp3) is 0.0625. The number of halogens is 1. The Morgan fingerprint density at radius 3 is 2.39 bits per heavy atom. The second-order valence-electron chi connectivity index (χ2n) is 5.01. The molecule has 0 amide bonds. The molecule has 0 aromatic heterocycles. The third kappa shape index (κ3) is 2.29. The first-order valence-electron chi connectivity index (χ1n) is 6.66. The van der Waals surface area contributed by atoms with Gasteiger partial charge in [-0.3, -0.25) is 4.31 Å². The average molecular weight is 333 g/mol. The molecule has 0 saturated heterocycles. The predicted molar refractivity (Wildman–Crippen MR) is 82.2 cm³/mol. The second kappa shape index (κ2) is 5.20. The first kappa shape index (κ1) is 15.2. The van der Waals surface area contributed by atoms with Gasteiger partial charge in [-0.25, -0.2) is 17.6 Å². The number of carbonyl (C=O) groups is 1. The van der Waals surface area contributed by atoms with Crippen molar-refractivity contribution < 1.29 is 22.7 Å². The van der Waals surface area contributed by atoms with E-state index in [4.69, 9.17) is 0 Å². The zero-order chi connectivity index (χ0) is 16.8. The molecule has 7 heteroatoms. The third-order valence-electron chi connectivity index (χ3n) is 3.66. The molecule has 1 aliphatic rings. The Bertz CT molecular complexity index is 936. The van der Waals surface area contributed by atoms with Crippen molar-refractivity contribution in [3.05, 3.63) is 65.5 Å². The zero-order valence-electron chi connectivity index (χ0n) is 12.0. The molecule has 5 nitrogen and oxygen atoms in total. The summed E-state index contributed by atoms with van der Waals surface area (Å²) in [6.45, 7) is 0. The Morgan fingerprint density at radius 1 is 1.13 bits per heavy atom. The fourth-order valence-electron chi connectivity index (χ4n) is 2.61. The lowest BCUT2D eigenvalue weighted by molar-refractivity contribution is -0.130. The number of benzene rings is 2. The van der Waals surface area contributed by atoms with E-state index in [-0.39, 0.29) is 21.7 Å². The summed E-state index contributed by atoms with van der Waals surface area (Å²) in [5.41, 5.74) is 0.155. The molecule has 2 aromatic carbocycles. The van der Waals surface area contributed by atoms with Crippen molar-refractivity contribution in [3.63, 3.8) is 0 Å². The molecule has 1 heterocycles. The van der Waals surface area contributed by atoms with Crippen LogP contribution in [0, 0.1) is 5.82 Å². The van der Waals surface area contributed by atoms with Gasteiger partial charge >= 0.3 is 5.97 Å². The Labute approximate surface area is 132 Å². The van der Waals surface area contributed by atoms with Gasteiger partial charge < -0.3 is 5.11 Å². The second-order valence-corrected chi connectivity index (χ2v) is 6.95. The largest absolute Gasteiger partial charge is 0.478 e. The number of fused-ring (bicyclic) bond motifs is 1. The minimum absolute atomic E-state index is 0.0433. The van der Waals surface area contributed by atoms with E-state index >= 15 is 0 Å². The molecule has 0 spiro atoms. The van der Waals surface area contributed by atoms with Gasteiger partial charge in [0.1, 0.15) is 5.82 Å². The van der Waals surface area contributed by atoms with Gasteiger partial charge in [-0.05, 0) is 23.8 Å². The van der Waals surface area contributed by atoms with Gasteiger partial charge in [0.25, 0.3) is 10.0 Å². The summed E-state index contributed by atoms with van der Waals surface area (Å²) in [6.07, 6.45) is 0. The van der Waals surface area contributed by atoms with Crippen molar-refractivity contribution in [3.8, 4) is 0 Å². The molecule has 23 heavy (non-hydrogen) atoms. The van der Waals surface area contributed by atoms with Crippen molar-refractivity contribution in [2.45, 2.75) is 4.90 Å². The highest BCUT2D eigenvalue weighted by Gasteiger charge is 2.39. The van der Waals surface area contributed by atoms with Crippen LogP contribution >= 0.6 is 0 Å². The number of aliphatic carboxylic acids is 1. The molecule has 0 aliphatic carbocycles. The topological polar surface area (TPSA) is 74.7 Å². The standard InChI is InChI=1S/C16H12FNO4S/c1-18-15(14(16(19)20)10-5-3-2-4-6-10)12-9-11(17)7-8-13(12)23(18,21)22/h2-9H,1H3,(H,19,20)/b15-14+. The van der Waals surface area contributed by atoms with E-state index in [0.29, 0.717) is 5.56 Å². The van der Waals surface area contributed by atoms with E-state index in [1.807, 2.05) is 0 Å². The molecular formula is C16H12FNO4S. The number of hydrogen-bond acceptors (Lipinski definition) is 3. The maximum Gasteiger partial charge on any atom is 0.338 e. The summed E-state index contributed by atoms with van der Waals surface area (Å²) in [6, 6.07) is 11.4. The number of sulfonamides is 1. The molecule has 1 N–H and O–H groups in total. The van der Waals surface area contributed by atoms with Crippen LogP contribution in [0.1, 0.15) is 11.1 Å². The number of rotatable bonds is 2. The molecule has 0 saturated carbocycles. The van der Waals surface area contributed by atoms with Crippen LogP contribution in [0.2, 0.25) is 0 Å². The molecule has 2 aromatic rings. The maximum absolute atomic E-state index is 13.6. The molecule has 1 aliphatic heterocycles. The normalized spacial score (nSPS) is 17.7. The van der Waals surface area contributed by atoms with Crippen LogP contribution in [0.4, 0.5) is 4.39 Å². The van der Waals surface area contributed by atoms with Crippen LogP contribution in [-0.4, -0.2) is 30.8 Å². The first-order valence-corrected chi connectivity index (χ1v) is 8.10. The van der Waals surface area contributed by atoms with Gasteiger partial charge in [0.2, 0.25) is 0 Å². The summed E-state index contributed by atoms with van der Waals surface area (Å²) in [4.78, 5) is 11.7. The number of hydrogen-bond donors (Lipinski definition) is 1. The Balaban J connectivity index is 2.42. The molecule has 118 valence electrons. The molecule has 0 unspecified atom stereocenters. The van der Waals surface area contributed by atoms with Crippen molar-refractivity contribution in [1.82, 2.24) is 4.31 Å². The lowest BCUT2D eigenvalue weighted by Crippen LogP contribution is -2.20. The zero-order valence-corrected chi connectivity index (χ0v) is 12.8. The summed E-state index contributed by atoms with van der Waals surface area (Å²) in [7, 11) is -2.63. The van der Waals surface area contributed by atoms with Crippen LogP contribution in [0.5, 0.6) is 0 Å². The Kier molecular flexibility index (Phi) is 3.45. The molecule has 0 radical (unpaired) electrons. The maximum atomic E-state index is 13.6. The van der Waals surface area contributed by atoms with E-state index < -0.39 is 21.8 Å². The summed E-state index contributed by atoms with van der Waals surface area (Å²) in [5, 5.41) is 9.60. The van der Waals surface area contributed by atoms with E-state index in [9.17, 15) is 22.7 Å². The van der Waals surface area contributed by atoms with Gasteiger partial charge in [-0.2, -0.15) is 0 Å². The lowest BCUT2D eigenvalue weighted by Gasteiger charge is -2.16. The van der Waals surface area contributed by atoms with Crippen LogP contribution in [0.15, 0.2) is 53.4 Å². The van der Waals surface area contributed by atoms with Crippen molar-refractivity contribution >= 4 is 27.3 Å². The van der Waals surface area contributed by atoms with Gasteiger partial charge in [0.15, 0.2) is 0 Å².